The summed E-state index contributed by atoms with van der Waals surface area (Å²) in [5, 5.41) is 2.67. The Morgan fingerprint density at radius 3 is 2.76 bits per heavy atom. The van der Waals surface area contributed by atoms with Gasteiger partial charge in [-0.25, -0.2) is 4.98 Å². The monoisotopic (exact) mass is 353 g/mol. The minimum absolute atomic E-state index is 0.0108. The van der Waals surface area contributed by atoms with Gasteiger partial charge in [-0.1, -0.05) is 12.1 Å². The molecule has 0 aliphatic carbocycles. The standard InChI is InChI=1S/C17H18F3N3O2/c1-11(21)8-15(24)23-10-12-4-3-7-22-16(12)25-14-6-2-5-13(9-14)17(18,19)20/h2-7,9,11H,8,10,21H2,1H3,(H,23,24). The molecule has 1 aromatic carbocycles. The molecule has 25 heavy (non-hydrogen) atoms. The maximum absolute atomic E-state index is 12.8. The number of nitrogens with two attached hydrogens (primary N) is 1. The van der Waals surface area contributed by atoms with E-state index < -0.39 is 11.7 Å². The number of amides is 1. The summed E-state index contributed by atoms with van der Waals surface area (Å²) < 4.78 is 43.8. The zero-order chi connectivity index (χ0) is 18.4. The van der Waals surface area contributed by atoms with Crippen LogP contribution in [0.2, 0.25) is 0 Å². The maximum Gasteiger partial charge on any atom is 0.416 e. The molecular formula is C17H18F3N3O2. The summed E-state index contributed by atoms with van der Waals surface area (Å²) in [4.78, 5) is 15.7. The SMILES string of the molecule is CC(N)CC(=O)NCc1cccnc1Oc1cccc(C(F)(F)F)c1. The van der Waals surface area contributed by atoms with E-state index in [1.165, 1.54) is 18.3 Å². The van der Waals surface area contributed by atoms with Crippen LogP contribution in [0.15, 0.2) is 42.6 Å². The molecule has 0 saturated heterocycles. The first-order valence-electron chi connectivity index (χ1n) is 7.57. The Bertz CT molecular complexity index is 733. The van der Waals surface area contributed by atoms with E-state index in [2.05, 4.69) is 10.3 Å². The number of nitrogens with zero attached hydrogens (tertiary/aromatic N) is 1. The fourth-order valence-electron chi connectivity index (χ4n) is 2.06. The van der Waals surface area contributed by atoms with Crippen LogP contribution in [-0.4, -0.2) is 16.9 Å². The third-order valence-corrected chi connectivity index (χ3v) is 3.21. The van der Waals surface area contributed by atoms with E-state index in [-0.39, 0.29) is 36.5 Å². The second-order valence-corrected chi connectivity index (χ2v) is 5.55. The number of halogens is 3. The van der Waals surface area contributed by atoms with Crippen molar-refractivity contribution >= 4 is 5.91 Å². The zero-order valence-corrected chi connectivity index (χ0v) is 13.5. The minimum Gasteiger partial charge on any atom is -0.439 e. The van der Waals surface area contributed by atoms with Gasteiger partial charge in [-0.3, -0.25) is 4.79 Å². The lowest BCUT2D eigenvalue weighted by atomic mass is 10.2. The van der Waals surface area contributed by atoms with E-state index in [4.69, 9.17) is 10.5 Å². The highest BCUT2D eigenvalue weighted by molar-refractivity contribution is 5.76. The van der Waals surface area contributed by atoms with Gasteiger partial charge >= 0.3 is 6.18 Å². The number of benzene rings is 1. The lowest BCUT2D eigenvalue weighted by Gasteiger charge is -2.13. The summed E-state index contributed by atoms with van der Waals surface area (Å²) >= 11 is 0. The van der Waals surface area contributed by atoms with Crippen molar-refractivity contribution in [3.63, 3.8) is 0 Å². The molecule has 0 aliphatic heterocycles. The van der Waals surface area contributed by atoms with E-state index in [9.17, 15) is 18.0 Å². The molecular weight excluding hydrogens is 335 g/mol. The lowest BCUT2D eigenvalue weighted by molar-refractivity contribution is -0.137. The number of pyridine rings is 1. The summed E-state index contributed by atoms with van der Waals surface area (Å²) in [6, 6.07) is 7.56. The molecule has 1 amide bonds. The van der Waals surface area contributed by atoms with Crippen LogP contribution in [0.1, 0.15) is 24.5 Å². The van der Waals surface area contributed by atoms with Crippen molar-refractivity contribution in [1.82, 2.24) is 10.3 Å². The average Bonchev–Trinajstić information content (AvgIpc) is 2.53. The van der Waals surface area contributed by atoms with Gasteiger partial charge in [0.2, 0.25) is 11.8 Å². The highest BCUT2D eigenvalue weighted by Gasteiger charge is 2.30. The van der Waals surface area contributed by atoms with Crippen LogP contribution in [0.4, 0.5) is 13.2 Å². The summed E-state index contributed by atoms with van der Waals surface area (Å²) in [6.45, 7) is 1.85. The van der Waals surface area contributed by atoms with E-state index in [0.717, 1.165) is 12.1 Å². The molecule has 2 rings (SSSR count). The third kappa shape index (κ3) is 5.75. The third-order valence-electron chi connectivity index (χ3n) is 3.21. The smallest absolute Gasteiger partial charge is 0.416 e. The number of ether oxygens (including phenoxy) is 1. The minimum atomic E-state index is -4.46. The molecule has 1 heterocycles. The number of rotatable bonds is 6. The Hall–Kier alpha value is -2.61. The molecule has 0 saturated carbocycles. The summed E-state index contributed by atoms with van der Waals surface area (Å²) in [5.41, 5.74) is 5.28. The number of alkyl halides is 3. The van der Waals surface area contributed by atoms with E-state index in [1.54, 1.807) is 19.1 Å². The molecule has 0 bridgehead atoms. The quantitative estimate of drug-likeness (QED) is 0.836. The Balaban J connectivity index is 2.12. The van der Waals surface area contributed by atoms with Gasteiger partial charge in [0.15, 0.2) is 0 Å². The van der Waals surface area contributed by atoms with Gasteiger partial charge in [0.05, 0.1) is 5.56 Å². The maximum atomic E-state index is 12.8. The van der Waals surface area contributed by atoms with Crippen molar-refractivity contribution in [1.29, 1.82) is 0 Å². The first-order valence-corrected chi connectivity index (χ1v) is 7.57. The Morgan fingerprint density at radius 1 is 1.32 bits per heavy atom. The number of carbonyl (C=O) groups is 1. The lowest BCUT2D eigenvalue weighted by Crippen LogP contribution is -2.29. The average molecular weight is 353 g/mol. The van der Waals surface area contributed by atoms with Gasteiger partial charge in [0, 0.05) is 30.8 Å². The molecule has 0 aliphatic rings. The number of nitrogens with one attached hydrogen (secondary N) is 1. The van der Waals surface area contributed by atoms with Crippen LogP contribution >= 0.6 is 0 Å². The summed E-state index contributed by atoms with van der Waals surface area (Å²) in [6.07, 6.45) is -2.83. The van der Waals surface area contributed by atoms with Crippen LogP contribution in [0, 0.1) is 0 Å². The molecule has 3 N–H and O–H groups in total. The second kappa shape index (κ2) is 7.98. The Labute approximate surface area is 143 Å². The van der Waals surface area contributed by atoms with Crippen molar-refractivity contribution in [2.24, 2.45) is 5.73 Å². The topological polar surface area (TPSA) is 77.2 Å². The highest BCUT2D eigenvalue weighted by atomic mass is 19.4. The first kappa shape index (κ1) is 18.7. The Morgan fingerprint density at radius 2 is 2.08 bits per heavy atom. The predicted molar refractivity (Wildman–Crippen MR) is 85.9 cm³/mol. The molecule has 0 radical (unpaired) electrons. The fraction of sp³-hybridized carbons (Fsp3) is 0.294. The fourth-order valence-corrected chi connectivity index (χ4v) is 2.06. The molecule has 1 aromatic heterocycles. The van der Waals surface area contributed by atoms with Crippen molar-refractivity contribution in [2.75, 3.05) is 0 Å². The van der Waals surface area contributed by atoms with Crippen molar-refractivity contribution in [3.05, 3.63) is 53.7 Å². The molecule has 0 fully saturated rings. The highest BCUT2D eigenvalue weighted by Crippen LogP contribution is 2.32. The molecule has 2 aromatic rings. The van der Waals surface area contributed by atoms with E-state index in [1.807, 2.05) is 0 Å². The number of hydrogen-bond donors (Lipinski definition) is 2. The van der Waals surface area contributed by atoms with Gasteiger partial charge in [-0.05, 0) is 31.2 Å². The zero-order valence-electron chi connectivity index (χ0n) is 13.5. The molecule has 8 heteroatoms. The van der Waals surface area contributed by atoms with Gasteiger partial charge in [-0.2, -0.15) is 13.2 Å². The van der Waals surface area contributed by atoms with E-state index in [0.29, 0.717) is 5.56 Å². The molecule has 134 valence electrons. The number of hydrogen-bond acceptors (Lipinski definition) is 4. The van der Waals surface area contributed by atoms with E-state index >= 15 is 0 Å². The molecule has 1 unspecified atom stereocenters. The predicted octanol–water partition coefficient (Wildman–Crippen LogP) is 3.25. The van der Waals surface area contributed by atoms with Crippen molar-refractivity contribution in [3.8, 4) is 11.6 Å². The van der Waals surface area contributed by atoms with Crippen LogP contribution in [0.3, 0.4) is 0 Å². The second-order valence-electron chi connectivity index (χ2n) is 5.55. The van der Waals surface area contributed by atoms with Crippen LogP contribution in [0.5, 0.6) is 11.6 Å². The normalized spacial score (nSPS) is 12.5. The van der Waals surface area contributed by atoms with Crippen molar-refractivity contribution < 1.29 is 22.7 Å². The van der Waals surface area contributed by atoms with Gasteiger partial charge in [-0.15, -0.1) is 0 Å². The molecule has 5 nitrogen and oxygen atoms in total. The van der Waals surface area contributed by atoms with Crippen molar-refractivity contribution in [2.45, 2.75) is 32.1 Å². The van der Waals surface area contributed by atoms with Crippen LogP contribution in [0.25, 0.3) is 0 Å². The first-order chi connectivity index (χ1) is 11.8. The van der Waals surface area contributed by atoms with Gasteiger partial charge in [0.25, 0.3) is 0 Å². The molecule has 1 atom stereocenters. The molecule has 0 spiro atoms. The Kier molecular flexibility index (Phi) is 5.97. The van der Waals surface area contributed by atoms with Gasteiger partial charge in [0.1, 0.15) is 5.75 Å². The summed E-state index contributed by atoms with van der Waals surface area (Å²) in [7, 11) is 0. The van der Waals surface area contributed by atoms with Crippen LogP contribution in [-0.2, 0) is 17.5 Å². The van der Waals surface area contributed by atoms with Crippen LogP contribution < -0.4 is 15.8 Å². The largest absolute Gasteiger partial charge is 0.439 e. The number of aromatic nitrogens is 1. The number of carbonyl (C=O) groups excluding carboxylic acids is 1. The van der Waals surface area contributed by atoms with Gasteiger partial charge < -0.3 is 15.8 Å². The summed E-state index contributed by atoms with van der Waals surface area (Å²) in [5.74, 6) is -0.0940.